The van der Waals surface area contributed by atoms with Crippen LogP contribution in [0.4, 0.5) is 0 Å². The van der Waals surface area contributed by atoms with Gasteiger partial charge in [-0.05, 0) is 49.8 Å². The largest absolute Gasteiger partial charge is 0.480 e. The first-order valence-corrected chi connectivity index (χ1v) is 7.70. The summed E-state index contributed by atoms with van der Waals surface area (Å²) in [7, 11) is 0. The van der Waals surface area contributed by atoms with Crippen LogP contribution in [0.5, 0.6) is 0 Å². The second-order valence-corrected chi connectivity index (χ2v) is 6.16. The van der Waals surface area contributed by atoms with Gasteiger partial charge < -0.3 is 5.11 Å². The lowest BCUT2D eigenvalue weighted by Crippen LogP contribution is -2.40. The maximum absolute atomic E-state index is 11.4. The first-order chi connectivity index (χ1) is 9.16. The summed E-state index contributed by atoms with van der Waals surface area (Å²) in [6, 6.07) is 7.69. The number of carboxylic acids is 1. The van der Waals surface area contributed by atoms with E-state index in [1.165, 1.54) is 23.9 Å². The first kappa shape index (κ1) is 14.4. The van der Waals surface area contributed by atoms with Crippen molar-refractivity contribution in [3.8, 4) is 0 Å². The van der Waals surface area contributed by atoms with Crippen molar-refractivity contribution in [3.63, 3.8) is 0 Å². The van der Waals surface area contributed by atoms with Gasteiger partial charge in [0.1, 0.15) is 6.04 Å². The van der Waals surface area contributed by atoms with Crippen molar-refractivity contribution in [2.45, 2.75) is 50.0 Å². The summed E-state index contributed by atoms with van der Waals surface area (Å²) in [4.78, 5) is 12.5. The van der Waals surface area contributed by atoms with Crippen molar-refractivity contribution < 1.29 is 9.90 Å². The van der Waals surface area contributed by atoms with Gasteiger partial charge in [-0.2, -0.15) is 0 Å². The zero-order chi connectivity index (χ0) is 13.7. The van der Waals surface area contributed by atoms with E-state index in [9.17, 15) is 9.90 Å². The minimum absolute atomic E-state index is 0.268. The number of benzene rings is 1. The second-order valence-electron chi connectivity index (χ2n) is 5.25. The summed E-state index contributed by atoms with van der Waals surface area (Å²) in [6.45, 7) is 2.05. The van der Waals surface area contributed by atoms with Crippen LogP contribution >= 0.6 is 11.9 Å². The summed E-state index contributed by atoms with van der Waals surface area (Å²) < 4.78 is 3.14. The van der Waals surface area contributed by atoms with Crippen LogP contribution in [0.3, 0.4) is 0 Å². The van der Waals surface area contributed by atoms with Gasteiger partial charge in [-0.25, -0.2) is 4.72 Å². The third-order valence-corrected chi connectivity index (χ3v) is 4.59. The molecule has 1 unspecified atom stereocenters. The maximum Gasteiger partial charge on any atom is 0.321 e. The molecule has 1 atom stereocenters. The van der Waals surface area contributed by atoms with Gasteiger partial charge in [0.25, 0.3) is 0 Å². The highest BCUT2D eigenvalue weighted by Gasteiger charge is 2.29. The van der Waals surface area contributed by atoms with Crippen LogP contribution in [0.25, 0.3) is 0 Å². The zero-order valence-electron chi connectivity index (χ0n) is 11.3. The van der Waals surface area contributed by atoms with Crippen LogP contribution in [0.2, 0.25) is 0 Å². The molecule has 4 heteroatoms. The Kier molecular flexibility index (Phi) is 5.28. The minimum Gasteiger partial charge on any atom is -0.480 e. The lowest BCUT2D eigenvalue weighted by atomic mass is 9.84. The predicted molar refractivity (Wildman–Crippen MR) is 78.2 cm³/mol. The van der Waals surface area contributed by atoms with Gasteiger partial charge in [0.15, 0.2) is 0 Å². The van der Waals surface area contributed by atoms with Crippen molar-refractivity contribution in [1.82, 2.24) is 4.72 Å². The van der Waals surface area contributed by atoms with Crippen LogP contribution in [0.15, 0.2) is 29.2 Å². The molecule has 1 aliphatic rings. The highest BCUT2D eigenvalue weighted by Crippen LogP contribution is 2.28. The van der Waals surface area contributed by atoms with Crippen LogP contribution in [-0.4, -0.2) is 17.1 Å². The number of hydrogen-bond donors (Lipinski definition) is 2. The van der Waals surface area contributed by atoms with Crippen molar-refractivity contribution >= 4 is 17.9 Å². The molecule has 0 radical (unpaired) electrons. The number of carbonyl (C=O) groups is 1. The topological polar surface area (TPSA) is 49.3 Å². The molecular weight excluding hydrogens is 258 g/mol. The third-order valence-electron chi connectivity index (χ3n) is 3.71. The van der Waals surface area contributed by atoms with E-state index in [1.54, 1.807) is 0 Å². The SMILES string of the molecule is Cc1ccc(SNC(C(=O)O)C2CCCCC2)cc1. The van der Waals surface area contributed by atoms with E-state index in [1.807, 2.05) is 31.2 Å². The minimum atomic E-state index is -0.730. The van der Waals surface area contributed by atoms with E-state index < -0.39 is 12.0 Å². The van der Waals surface area contributed by atoms with Crippen LogP contribution in [-0.2, 0) is 4.79 Å². The second kappa shape index (κ2) is 6.96. The van der Waals surface area contributed by atoms with Gasteiger partial charge in [-0.3, -0.25) is 4.79 Å². The Morgan fingerprint density at radius 2 is 1.89 bits per heavy atom. The molecule has 0 aromatic heterocycles. The molecule has 1 aromatic rings. The molecule has 1 aromatic carbocycles. The van der Waals surface area contributed by atoms with Crippen LogP contribution in [0, 0.1) is 12.8 Å². The van der Waals surface area contributed by atoms with Crippen molar-refractivity contribution in [2.75, 3.05) is 0 Å². The number of carboxylic acid groups (broad SMARTS) is 1. The van der Waals surface area contributed by atoms with E-state index in [0.717, 1.165) is 30.6 Å². The molecule has 104 valence electrons. The van der Waals surface area contributed by atoms with E-state index >= 15 is 0 Å². The summed E-state index contributed by atoms with van der Waals surface area (Å²) in [5, 5.41) is 9.37. The van der Waals surface area contributed by atoms with Gasteiger partial charge in [-0.15, -0.1) is 0 Å². The summed E-state index contributed by atoms with van der Waals surface area (Å²) in [5.41, 5.74) is 1.21. The highest BCUT2D eigenvalue weighted by molar-refractivity contribution is 7.97. The molecule has 0 bridgehead atoms. The Morgan fingerprint density at radius 3 is 2.47 bits per heavy atom. The average molecular weight is 279 g/mol. The van der Waals surface area contributed by atoms with Crippen LogP contribution in [0.1, 0.15) is 37.7 Å². The molecule has 0 amide bonds. The first-order valence-electron chi connectivity index (χ1n) is 6.88. The van der Waals surface area contributed by atoms with Gasteiger partial charge in [0, 0.05) is 4.90 Å². The molecule has 0 spiro atoms. The molecule has 1 aliphatic carbocycles. The molecular formula is C15H21NO2S. The van der Waals surface area contributed by atoms with E-state index in [2.05, 4.69) is 4.72 Å². The Bertz CT molecular complexity index is 413. The molecule has 1 fully saturated rings. The number of aliphatic carboxylic acids is 1. The molecule has 2 rings (SSSR count). The molecule has 2 N–H and O–H groups in total. The monoisotopic (exact) mass is 279 g/mol. The fourth-order valence-corrected chi connectivity index (χ4v) is 3.38. The number of nitrogens with one attached hydrogen (secondary N) is 1. The van der Waals surface area contributed by atoms with Gasteiger partial charge in [0.2, 0.25) is 0 Å². The quantitative estimate of drug-likeness (QED) is 0.808. The van der Waals surface area contributed by atoms with Gasteiger partial charge >= 0.3 is 5.97 Å². The molecule has 19 heavy (non-hydrogen) atoms. The molecule has 1 saturated carbocycles. The summed E-state index contributed by atoms with van der Waals surface area (Å²) in [5.74, 6) is -0.462. The number of rotatable bonds is 5. The fourth-order valence-electron chi connectivity index (χ4n) is 2.55. The number of hydrogen-bond acceptors (Lipinski definition) is 3. The Morgan fingerprint density at radius 1 is 1.26 bits per heavy atom. The Labute approximate surface area is 118 Å². The van der Waals surface area contributed by atoms with Gasteiger partial charge in [0.05, 0.1) is 0 Å². The van der Waals surface area contributed by atoms with Crippen molar-refractivity contribution in [3.05, 3.63) is 29.8 Å². The van der Waals surface area contributed by atoms with Crippen molar-refractivity contribution in [2.24, 2.45) is 5.92 Å². The molecule has 0 saturated heterocycles. The fraction of sp³-hybridized carbons (Fsp3) is 0.533. The van der Waals surface area contributed by atoms with E-state index in [-0.39, 0.29) is 5.92 Å². The maximum atomic E-state index is 11.4. The lowest BCUT2D eigenvalue weighted by molar-refractivity contribution is -0.140. The normalized spacial score (nSPS) is 18.2. The zero-order valence-corrected chi connectivity index (χ0v) is 12.1. The Balaban J connectivity index is 1.93. The number of aryl methyl sites for hydroxylation is 1. The van der Waals surface area contributed by atoms with Crippen molar-refractivity contribution in [1.29, 1.82) is 0 Å². The standard InChI is InChI=1S/C15H21NO2S/c1-11-7-9-13(10-8-11)19-16-14(15(17)18)12-5-3-2-4-6-12/h7-10,12,14,16H,2-6H2,1H3,(H,17,18). The Hall–Kier alpha value is -1.00. The van der Waals surface area contributed by atoms with Crippen LogP contribution < -0.4 is 4.72 Å². The van der Waals surface area contributed by atoms with E-state index in [0.29, 0.717) is 0 Å². The summed E-state index contributed by atoms with van der Waals surface area (Å²) >= 11 is 1.43. The molecule has 0 aliphatic heterocycles. The van der Waals surface area contributed by atoms with E-state index in [4.69, 9.17) is 0 Å². The highest BCUT2D eigenvalue weighted by atomic mass is 32.2. The average Bonchev–Trinajstić information content (AvgIpc) is 2.42. The molecule has 0 heterocycles. The molecule has 3 nitrogen and oxygen atoms in total. The van der Waals surface area contributed by atoms with Gasteiger partial charge in [-0.1, -0.05) is 37.0 Å². The predicted octanol–water partition coefficient (Wildman–Crippen LogP) is 3.63. The smallest absolute Gasteiger partial charge is 0.321 e. The lowest BCUT2D eigenvalue weighted by Gasteiger charge is -2.27. The third kappa shape index (κ3) is 4.25. The summed E-state index contributed by atoms with van der Waals surface area (Å²) in [6.07, 6.45) is 5.61.